The summed E-state index contributed by atoms with van der Waals surface area (Å²) in [6, 6.07) is 11.5. The number of hydrogen-bond acceptors (Lipinski definition) is 2. The number of rotatable bonds is 2. The predicted octanol–water partition coefficient (Wildman–Crippen LogP) is 3.10. The third-order valence-electron chi connectivity index (χ3n) is 3.97. The van der Waals surface area contributed by atoms with E-state index >= 15 is 0 Å². The molecule has 2 nitrogen and oxygen atoms in total. The molecule has 1 saturated carbocycles. The van der Waals surface area contributed by atoms with Crippen molar-refractivity contribution in [2.45, 2.75) is 44.1 Å². The molecule has 1 aliphatic carbocycles. The molecule has 1 heterocycles. The molecule has 0 saturated heterocycles. The van der Waals surface area contributed by atoms with E-state index in [4.69, 9.17) is 0 Å². The molecule has 90 valence electrons. The van der Waals surface area contributed by atoms with Gasteiger partial charge in [0.15, 0.2) is 0 Å². The molecule has 0 bridgehead atoms. The molecule has 1 aromatic carbocycles. The largest absolute Gasteiger partial charge is 0.370 e. The predicted molar refractivity (Wildman–Crippen MR) is 71.5 cm³/mol. The molecule has 17 heavy (non-hydrogen) atoms. The van der Waals surface area contributed by atoms with Crippen molar-refractivity contribution in [2.75, 3.05) is 6.54 Å². The lowest BCUT2D eigenvalue weighted by Gasteiger charge is -2.22. The van der Waals surface area contributed by atoms with Crippen LogP contribution in [0, 0.1) is 0 Å². The molecule has 2 atom stereocenters. The molecule has 1 aromatic rings. The quantitative estimate of drug-likeness (QED) is 0.826. The van der Waals surface area contributed by atoms with Gasteiger partial charge in [0.1, 0.15) is 0 Å². The zero-order valence-corrected chi connectivity index (χ0v) is 10.2. The number of benzene rings is 1. The van der Waals surface area contributed by atoms with E-state index in [9.17, 15) is 0 Å². The first kappa shape index (κ1) is 10.8. The van der Waals surface area contributed by atoms with E-state index in [2.05, 4.69) is 40.6 Å². The Morgan fingerprint density at radius 1 is 1.06 bits per heavy atom. The summed E-state index contributed by atoms with van der Waals surface area (Å²) in [5, 5.41) is 3.68. The van der Waals surface area contributed by atoms with Crippen molar-refractivity contribution in [2.24, 2.45) is 4.99 Å². The second kappa shape index (κ2) is 4.91. The van der Waals surface area contributed by atoms with Crippen molar-refractivity contribution in [3.63, 3.8) is 0 Å². The molecule has 0 aromatic heterocycles. The first-order valence-electron chi connectivity index (χ1n) is 6.78. The Labute approximate surface area is 103 Å². The van der Waals surface area contributed by atoms with Crippen LogP contribution in [0.3, 0.4) is 0 Å². The average Bonchev–Trinajstić information content (AvgIpc) is 3.02. The lowest BCUT2D eigenvalue weighted by Crippen LogP contribution is -2.35. The number of nitrogens with one attached hydrogen (secondary N) is 1. The van der Waals surface area contributed by atoms with E-state index in [0.717, 1.165) is 13.0 Å². The van der Waals surface area contributed by atoms with Gasteiger partial charge in [0.25, 0.3) is 0 Å². The van der Waals surface area contributed by atoms with Crippen LogP contribution in [-0.2, 0) is 0 Å². The van der Waals surface area contributed by atoms with Gasteiger partial charge in [-0.15, -0.1) is 0 Å². The van der Waals surface area contributed by atoms with E-state index in [0.29, 0.717) is 12.0 Å². The van der Waals surface area contributed by atoms with Gasteiger partial charge in [0, 0.05) is 24.9 Å². The molecular formula is C15H20N2. The molecular weight excluding hydrogens is 208 g/mol. The summed E-state index contributed by atoms with van der Waals surface area (Å²) < 4.78 is 0. The fraction of sp³-hybridized carbons (Fsp3) is 0.533. The molecule has 0 spiro atoms. The van der Waals surface area contributed by atoms with E-state index < -0.39 is 0 Å². The maximum absolute atomic E-state index is 4.53. The number of hydrogen-bond donors (Lipinski definition) is 1. The zero-order valence-electron chi connectivity index (χ0n) is 10.2. The fourth-order valence-corrected chi connectivity index (χ4v) is 3.10. The van der Waals surface area contributed by atoms with Crippen LogP contribution in [0.1, 0.15) is 43.6 Å². The fourth-order valence-electron chi connectivity index (χ4n) is 3.10. The monoisotopic (exact) mass is 228 g/mol. The zero-order chi connectivity index (χ0) is 11.5. The molecule has 0 amide bonds. The van der Waals surface area contributed by atoms with E-state index in [1.807, 2.05) is 0 Å². The van der Waals surface area contributed by atoms with Crippen molar-refractivity contribution < 1.29 is 0 Å². The minimum atomic E-state index is 0.606. The summed E-state index contributed by atoms with van der Waals surface area (Å²) in [4.78, 5) is 4.53. The smallest absolute Gasteiger partial charge is 0.0966 e. The van der Waals surface area contributed by atoms with Gasteiger partial charge in [-0.3, -0.25) is 4.99 Å². The number of nitrogens with zero attached hydrogens (tertiary/aromatic N) is 1. The summed E-state index contributed by atoms with van der Waals surface area (Å²) >= 11 is 0. The Morgan fingerprint density at radius 3 is 2.71 bits per heavy atom. The van der Waals surface area contributed by atoms with Gasteiger partial charge >= 0.3 is 0 Å². The van der Waals surface area contributed by atoms with Crippen molar-refractivity contribution in [3.05, 3.63) is 35.9 Å². The minimum Gasteiger partial charge on any atom is -0.370 e. The second-order valence-corrected chi connectivity index (χ2v) is 5.13. The van der Waals surface area contributed by atoms with E-state index in [1.165, 1.54) is 37.1 Å². The molecule has 2 aliphatic rings. The number of amidine groups is 1. The van der Waals surface area contributed by atoms with Crippen LogP contribution in [0.25, 0.3) is 0 Å². The minimum absolute atomic E-state index is 0.606. The van der Waals surface area contributed by atoms with Crippen LogP contribution in [0.5, 0.6) is 0 Å². The number of aliphatic imine (C=N–C) groups is 1. The third-order valence-corrected chi connectivity index (χ3v) is 3.97. The second-order valence-electron chi connectivity index (χ2n) is 5.13. The molecule has 1 N–H and O–H groups in total. The normalized spacial score (nSPS) is 28.1. The molecule has 1 aliphatic heterocycles. The SMILES string of the molecule is c1ccc(C2CCCC2NC2=NCCC2)cc1. The molecule has 2 heteroatoms. The maximum atomic E-state index is 4.53. The Bertz CT molecular complexity index is 397. The lowest BCUT2D eigenvalue weighted by atomic mass is 9.94. The highest BCUT2D eigenvalue weighted by Crippen LogP contribution is 2.34. The van der Waals surface area contributed by atoms with Gasteiger partial charge in [-0.1, -0.05) is 36.8 Å². The van der Waals surface area contributed by atoms with E-state index in [-0.39, 0.29) is 0 Å². The third kappa shape index (κ3) is 2.36. The molecule has 0 radical (unpaired) electrons. The topological polar surface area (TPSA) is 24.4 Å². The highest BCUT2D eigenvalue weighted by atomic mass is 15.0. The summed E-state index contributed by atoms with van der Waals surface area (Å²) in [5.74, 6) is 1.93. The van der Waals surface area contributed by atoms with Crippen molar-refractivity contribution in [1.29, 1.82) is 0 Å². The first-order valence-corrected chi connectivity index (χ1v) is 6.78. The summed E-state index contributed by atoms with van der Waals surface area (Å²) in [7, 11) is 0. The molecule has 1 fully saturated rings. The van der Waals surface area contributed by atoms with Crippen LogP contribution in [0.15, 0.2) is 35.3 Å². The molecule has 3 rings (SSSR count). The van der Waals surface area contributed by atoms with Gasteiger partial charge in [-0.2, -0.15) is 0 Å². The first-order chi connectivity index (χ1) is 8.43. The summed E-state index contributed by atoms with van der Waals surface area (Å²) in [6.45, 7) is 1.02. The Balaban J connectivity index is 1.71. The summed E-state index contributed by atoms with van der Waals surface area (Å²) in [6.07, 6.45) is 6.32. The van der Waals surface area contributed by atoms with Gasteiger partial charge in [0.2, 0.25) is 0 Å². The Hall–Kier alpha value is -1.31. The van der Waals surface area contributed by atoms with Crippen LogP contribution in [0.2, 0.25) is 0 Å². The van der Waals surface area contributed by atoms with E-state index in [1.54, 1.807) is 0 Å². The summed E-state index contributed by atoms with van der Waals surface area (Å²) in [5.41, 5.74) is 1.49. The van der Waals surface area contributed by atoms with Gasteiger partial charge in [0.05, 0.1) is 5.84 Å². The van der Waals surface area contributed by atoms with Crippen molar-refractivity contribution in [3.8, 4) is 0 Å². The van der Waals surface area contributed by atoms with Gasteiger partial charge in [-0.25, -0.2) is 0 Å². The Kier molecular flexibility index (Phi) is 3.12. The van der Waals surface area contributed by atoms with Crippen LogP contribution >= 0.6 is 0 Å². The average molecular weight is 228 g/mol. The Morgan fingerprint density at radius 2 is 1.94 bits per heavy atom. The van der Waals surface area contributed by atoms with Gasteiger partial charge in [-0.05, 0) is 24.8 Å². The highest BCUT2D eigenvalue weighted by molar-refractivity contribution is 5.83. The highest BCUT2D eigenvalue weighted by Gasteiger charge is 2.29. The van der Waals surface area contributed by atoms with Gasteiger partial charge < -0.3 is 5.32 Å². The van der Waals surface area contributed by atoms with Crippen LogP contribution < -0.4 is 5.32 Å². The van der Waals surface area contributed by atoms with Crippen molar-refractivity contribution in [1.82, 2.24) is 5.32 Å². The molecule has 2 unspecified atom stereocenters. The van der Waals surface area contributed by atoms with Crippen LogP contribution in [0.4, 0.5) is 0 Å². The van der Waals surface area contributed by atoms with Crippen LogP contribution in [-0.4, -0.2) is 18.4 Å². The lowest BCUT2D eigenvalue weighted by molar-refractivity contribution is 0.556. The standard InChI is InChI=1S/C15H20N2/c1-2-6-12(7-3-1)13-8-4-9-14(13)17-15-10-5-11-16-15/h1-3,6-7,13-14H,4-5,8-11H2,(H,16,17). The maximum Gasteiger partial charge on any atom is 0.0966 e. The van der Waals surface area contributed by atoms with Crippen molar-refractivity contribution >= 4 is 5.84 Å².